The first-order valence-corrected chi connectivity index (χ1v) is 23.0. The van der Waals surface area contributed by atoms with Gasteiger partial charge in [0.25, 0.3) is 5.91 Å². The van der Waals surface area contributed by atoms with Crippen LogP contribution in [-0.2, 0) is 14.2 Å². The van der Waals surface area contributed by atoms with E-state index in [0.717, 1.165) is 25.1 Å². The second kappa shape index (κ2) is 31.7. The van der Waals surface area contributed by atoms with Crippen LogP contribution in [0.4, 0.5) is 10.5 Å². The highest BCUT2D eigenvalue weighted by molar-refractivity contribution is 5.99. The molecule has 55 heavy (non-hydrogen) atoms. The predicted octanol–water partition coefficient (Wildman–Crippen LogP) is 12.3. The molecule has 0 aromatic heterocycles. The zero-order valence-electron chi connectivity index (χ0n) is 36.4. The van der Waals surface area contributed by atoms with E-state index in [1.165, 1.54) is 141 Å². The minimum Gasteiger partial charge on any atom is -0.444 e. The number of nitrogens with zero attached hydrogens (tertiary/aromatic N) is 2. The Bertz CT molecular complexity index is 1080. The molecule has 1 N–H and O–H groups in total. The van der Waals surface area contributed by atoms with Crippen LogP contribution in [0.5, 0.6) is 0 Å². The Hall–Kier alpha value is -2.32. The fourth-order valence-corrected chi connectivity index (χ4v) is 7.32. The van der Waals surface area contributed by atoms with Crippen LogP contribution in [0, 0.1) is 0 Å². The van der Waals surface area contributed by atoms with Crippen LogP contribution in [0.15, 0.2) is 24.3 Å². The maximum atomic E-state index is 13.6. The Morgan fingerprint density at radius 1 is 0.636 bits per heavy atom. The average Bonchev–Trinajstić information content (AvgIpc) is 3.17. The van der Waals surface area contributed by atoms with Crippen molar-refractivity contribution in [3.8, 4) is 0 Å². The number of unbranched alkanes of at least 4 members (excludes halogenated alkanes) is 22. The summed E-state index contributed by atoms with van der Waals surface area (Å²) < 4.78 is 18.1. The molecule has 318 valence electrons. The Morgan fingerprint density at radius 3 is 1.58 bits per heavy atom. The molecule has 0 spiro atoms. The topological polar surface area (TPSA) is 80.3 Å². The highest BCUT2D eigenvalue weighted by Crippen LogP contribution is 2.23. The molecule has 1 aliphatic heterocycles. The minimum atomic E-state index is -0.523. The third kappa shape index (κ3) is 24.8. The molecule has 8 nitrogen and oxygen atoms in total. The first-order valence-electron chi connectivity index (χ1n) is 23.0. The molecule has 0 aliphatic carbocycles. The summed E-state index contributed by atoms with van der Waals surface area (Å²) in [5.74, 6) is -0.106. The van der Waals surface area contributed by atoms with E-state index in [1.807, 2.05) is 45.0 Å². The lowest BCUT2D eigenvalue weighted by atomic mass is 10.1. The van der Waals surface area contributed by atoms with Crippen molar-refractivity contribution in [1.29, 1.82) is 0 Å². The van der Waals surface area contributed by atoms with Gasteiger partial charge in [-0.2, -0.15) is 0 Å². The lowest BCUT2D eigenvalue weighted by Gasteiger charge is -2.37. The molecular weight excluding hydrogens is 687 g/mol. The van der Waals surface area contributed by atoms with Gasteiger partial charge in [0.05, 0.1) is 18.3 Å². The molecule has 2 rings (SSSR count). The number of carbonyl (C=O) groups excluding carboxylic acids is 2. The number of carbonyl (C=O) groups is 2. The predicted molar refractivity (Wildman–Crippen MR) is 232 cm³/mol. The second-order valence-corrected chi connectivity index (χ2v) is 17.0. The molecule has 1 atom stereocenters. The van der Waals surface area contributed by atoms with Gasteiger partial charge in [0.2, 0.25) is 0 Å². The van der Waals surface area contributed by atoms with Crippen molar-refractivity contribution >= 4 is 17.7 Å². The number of anilines is 1. The van der Waals surface area contributed by atoms with Crippen LogP contribution in [-0.4, -0.2) is 81.1 Å². The standard InChI is InChI=1S/C47H85N3O5/c1-6-8-10-12-14-16-18-20-22-24-26-30-38-53-41-42(54-39-31-27-25-23-21-19-17-15-13-11-9-7-2)40-48-45(51)43-32-28-29-33-44(43)49-34-36-50(37-35-49)46(52)55-47(3,4)5/h28-29,32-33,42H,6-27,30-31,34-41H2,1-5H3,(H,48,51)/t42-/m0/s1. The normalized spacial score (nSPS) is 14.0. The summed E-state index contributed by atoms with van der Waals surface area (Å²) in [5.41, 5.74) is 1.01. The minimum absolute atomic E-state index is 0.106. The maximum Gasteiger partial charge on any atom is 0.410 e. The summed E-state index contributed by atoms with van der Waals surface area (Å²) >= 11 is 0. The van der Waals surface area contributed by atoms with Gasteiger partial charge < -0.3 is 29.3 Å². The SMILES string of the molecule is CCCCCCCCCCCCCCOC[C@H](CNC(=O)c1ccccc1N1CCN(C(=O)OC(C)(C)C)CC1)OCCCCCCCCCCCCCC. The molecule has 1 aromatic rings. The average molecular weight is 772 g/mol. The highest BCUT2D eigenvalue weighted by Gasteiger charge is 2.27. The van der Waals surface area contributed by atoms with E-state index >= 15 is 0 Å². The van der Waals surface area contributed by atoms with Crippen molar-refractivity contribution in [3.05, 3.63) is 29.8 Å². The molecular formula is C47H85N3O5. The third-order valence-corrected chi connectivity index (χ3v) is 10.7. The van der Waals surface area contributed by atoms with E-state index in [9.17, 15) is 9.59 Å². The van der Waals surface area contributed by atoms with Gasteiger partial charge in [-0.1, -0.05) is 167 Å². The number of benzene rings is 1. The molecule has 2 amide bonds. The number of rotatable bonds is 33. The van der Waals surface area contributed by atoms with Crippen LogP contribution >= 0.6 is 0 Å². The molecule has 0 saturated carbocycles. The van der Waals surface area contributed by atoms with Gasteiger partial charge in [-0.15, -0.1) is 0 Å². The van der Waals surface area contributed by atoms with Gasteiger partial charge in [-0.25, -0.2) is 4.79 Å². The monoisotopic (exact) mass is 772 g/mol. The molecule has 1 heterocycles. The molecule has 1 fully saturated rings. The molecule has 0 radical (unpaired) electrons. The van der Waals surface area contributed by atoms with E-state index < -0.39 is 5.60 Å². The first-order chi connectivity index (χ1) is 26.7. The van der Waals surface area contributed by atoms with Crippen LogP contribution in [0.3, 0.4) is 0 Å². The summed E-state index contributed by atoms with van der Waals surface area (Å²) in [7, 11) is 0. The fourth-order valence-electron chi connectivity index (χ4n) is 7.32. The van der Waals surface area contributed by atoms with E-state index in [4.69, 9.17) is 14.2 Å². The van der Waals surface area contributed by atoms with Gasteiger partial charge in [0.1, 0.15) is 5.60 Å². The van der Waals surface area contributed by atoms with Crippen molar-refractivity contribution < 1.29 is 23.8 Å². The lowest BCUT2D eigenvalue weighted by molar-refractivity contribution is -0.0170. The number of amides is 2. The van der Waals surface area contributed by atoms with Gasteiger partial charge >= 0.3 is 6.09 Å². The van der Waals surface area contributed by atoms with Crippen molar-refractivity contribution in [1.82, 2.24) is 10.2 Å². The van der Waals surface area contributed by atoms with Crippen molar-refractivity contribution in [2.24, 2.45) is 0 Å². The summed E-state index contributed by atoms with van der Waals surface area (Å²) in [6.45, 7) is 14.9. The molecule has 0 unspecified atom stereocenters. The van der Waals surface area contributed by atoms with E-state index in [0.29, 0.717) is 51.5 Å². The lowest BCUT2D eigenvalue weighted by Crippen LogP contribution is -2.50. The molecule has 1 aromatic carbocycles. The highest BCUT2D eigenvalue weighted by atomic mass is 16.6. The number of hydrogen-bond donors (Lipinski definition) is 1. The Morgan fingerprint density at radius 2 is 1.09 bits per heavy atom. The van der Waals surface area contributed by atoms with E-state index in [2.05, 4.69) is 24.1 Å². The second-order valence-electron chi connectivity index (χ2n) is 17.0. The molecule has 8 heteroatoms. The van der Waals surface area contributed by atoms with Gasteiger partial charge in [0.15, 0.2) is 0 Å². The van der Waals surface area contributed by atoms with Crippen LogP contribution < -0.4 is 10.2 Å². The van der Waals surface area contributed by atoms with Gasteiger partial charge in [0, 0.05) is 51.6 Å². The maximum absolute atomic E-state index is 13.6. The Kier molecular flexibility index (Phi) is 28.2. The Labute approximate surface area is 338 Å². The molecule has 0 bridgehead atoms. The van der Waals surface area contributed by atoms with Crippen molar-refractivity contribution in [2.45, 2.75) is 200 Å². The number of para-hydroxylation sites is 1. The van der Waals surface area contributed by atoms with Crippen LogP contribution in [0.2, 0.25) is 0 Å². The quantitative estimate of drug-likeness (QED) is 0.0717. The zero-order valence-corrected chi connectivity index (χ0v) is 36.4. The summed E-state index contributed by atoms with van der Waals surface area (Å²) in [5, 5.41) is 3.17. The Balaban J connectivity index is 1.76. The fraction of sp³-hybridized carbons (Fsp3) is 0.830. The molecule has 1 aliphatic rings. The zero-order chi connectivity index (χ0) is 39.8. The summed E-state index contributed by atoms with van der Waals surface area (Å²) in [6, 6.07) is 7.76. The van der Waals surface area contributed by atoms with E-state index in [-0.39, 0.29) is 18.1 Å². The van der Waals surface area contributed by atoms with Crippen LogP contribution in [0.25, 0.3) is 0 Å². The van der Waals surface area contributed by atoms with Gasteiger partial charge in [-0.3, -0.25) is 4.79 Å². The third-order valence-electron chi connectivity index (χ3n) is 10.7. The van der Waals surface area contributed by atoms with Crippen molar-refractivity contribution in [2.75, 3.05) is 57.4 Å². The number of hydrogen-bond acceptors (Lipinski definition) is 6. The van der Waals surface area contributed by atoms with Crippen molar-refractivity contribution in [3.63, 3.8) is 0 Å². The first kappa shape index (κ1) is 48.8. The van der Waals surface area contributed by atoms with Gasteiger partial charge in [-0.05, 0) is 45.7 Å². The number of ether oxygens (including phenoxy) is 3. The summed E-state index contributed by atoms with van der Waals surface area (Å²) in [6.07, 6.45) is 31.2. The molecule has 1 saturated heterocycles. The number of nitrogens with one attached hydrogen (secondary N) is 1. The summed E-state index contributed by atoms with van der Waals surface area (Å²) in [4.78, 5) is 30.2. The largest absolute Gasteiger partial charge is 0.444 e. The smallest absolute Gasteiger partial charge is 0.410 e. The number of piperazine rings is 1. The van der Waals surface area contributed by atoms with Crippen LogP contribution in [0.1, 0.15) is 199 Å². The van der Waals surface area contributed by atoms with E-state index in [1.54, 1.807) is 4.90 Å².